The minimum atomic E-state index is -0.832. The highest BCUT2D eigenvalue weighted by molar-refractivity contribution is 6.31. The Morgan fingerprint density at radius 1 is 0.960 bits per heavy atom. The van der Waals surface area contributed by atoms with Gasteiger partial charge in [0.15, 0.2) is 0 Å². The van der Waals surface area contributed by atoms with Gasteiger partial charge in [0.2, 0.25) is 0 Å². The number of imide groups is 2. The molecule has 2 heterocycles. The van der Waals surface area contributed by atoms with Gasteiger partial charge in [0, 0.05) is 24.7 Å². The Labute approximate surface area is 144 Å². The monoisotopic (exact) mass is 345 g/mol. The van der Waals surface area contributed by atoms with Crippen LogP contribution in [-0.2, 0) is 9.59 Å². The molecule has 2 aliphatic heterocycles. The Balaban J connectivity index is 2.03. The fourth-order valence-corrected chi connectivity index (χ4v) is 2.99. The van der Waals surface area contributed by atoms with E-state index < -0.39 is 17.8 Å². The molecule has 2 saturated heterocycles. The summed E-state index contributed by atoms with van der Waals surface area (Å²) >= 11 is 0. The van der Waals surface area contributed by atoms with Crippen molar-refractivity contribution in [2.24, 2.45) is 0 Å². The third-order valence-corrected chi connectivity index (χ3v) is 4.22. The molecule has 0 bridgehead atoms. The predicted molar refractivity (Wildman–Crippen MR) is 90.7 cm³/mol. The summed E-state index contributed by atoms with van der Waals surface area (Å²) in [7, 11) is 3.08. The fraction of sp³-hybridized carbons (Fsp3) is 0.353. The number of ether oxygens (including phenoxy) is 2. The van der Waals surface area contributed by atoms with Crippen LogP contribution in [0.25, 0.3) is 6.08 Å². The topological polar surface area (TPSA) is 97.0 Å². The van der Waals surface area contributed by atoms with Crippen molar-refractivity contribution in [3.63, 3.8) is 0 Å². The van der Waals surface area contributed by atoms with Crippen LogP contribution in [0.1, 0.15) is 18.4 Å². The molecule has 8 heteroatoms. The van der Waals surface area contributed by atoms with E-state index in [-0.39, 0.29) is 5.57 Å². The Kier molecular flexibility index (Phi) is 4.60. The van der Waals surface area contributed by atoms with E-state index in [1.165, 1.54) is 13.2 Å². The second-order valence-corrected chi connectivity index (χ2v) is 5.76. The quantitative estimate of drug-likeness (QED) is 0.625. The second-order valence-electron chi connectivity index (χ2n) is 5.76. The lowest BCUT2D eigenvalue weighted by molar-refractivity contribution is -0.123. The molecule has 0 aliphatic carbocycles. The van der Waals surface area contributed by atoms with Gasteiger partial charge in [0.25, 0.3) is 11.8 Å². The Hall–Kier alpha value is -3.03. The summed E-state index contributed by atoms with van der Waals surface area (Å²) in [4.78, 5) is 37.2. The van der Waals surface area contributed by atoms with Crippen molar-refractivity contribution in [2.45, 2.75) is 12.8 Å². The van der Waals surface area contributed by atoms with Crippen LogP contribution in [0.15, 0.2) is 17.7 Å². The summed E-state index contributed by atoms with van der Waals surface area (Å²) in [6.45, 7) is 1.87. The molecule has 0 spiro atoms. The van der Waals surface area contributed by atoms with E-state index >= 15 is 0 Å². The minimum absolute atomic E-state index is 0.172. The average molecular weight is 345 g/mol. The van der Waals surface area contributed by atoms with Gasteiger partial charge in [-0.05, 0) is 25.0 Å². The molecular formula is C17H19N3O5. The number of nitrogens with zero attached hydrogens (tertiary/aromatic N) is 1. The number of benzene rings is 1. The molecule has 0 saturated carbocycles. The molecule has 25 heavy (non-hydrogen) atoms. The Morgan fingerprint density at radius 3 is 2.12 bits per heavy atom. The molecule has 3 rings (SSSR count). The normalized spacial score (nSPS) is 17.3. The van der Waals surface area contributed by atoms with Gasteiger partial charge in [-0.15, -0.1) is 0 Å². The van der Waals surface area contributed by atoms with Gasteiger partial charge in [0.05, 0.1) is 19.9 Å². The van der Waals surface area contributed by atoms with Gasteiger partial charge in [0.1, 0.15) is 17.1 Å². The van der Waals surface area contributed by atoms with E-state index in [4.69, 9.17) is 9.47 Å². The van der Waals surface area contributed by atoms with E-state index in [1.54, 1.807) is 13.2 Å². The van der Waals surface area contributed by atoms with Crippen LogP contribution in [0.3, 0.4) is 0 Å². The van der Waals surface area contributed by atoms with E-state index in [1.807, 2.05) is 16.7 Å². The number of rotatable bonds is 4. The summed E-state index contributed by atoms with van der Waals surface area (Å²) in [6.07, 6.45) is 3.61. The van der Waals surface area contributed by atoms with E-state index in [0.717, 1.165) is 31.6 Å². The molecule has 0 aromatic heterocycles. The maximum Gasteiger partial charge on any atom is 0.328 e. The number of carbonyl (C=O) groups is 3. The zero-order chi connectivity index (χ0) is 18.0. The van der Waals surface area contributed by atoms with E-state index in [9.17, 15) is 14.4 Å². The highest BCUT2D eigenvalue weighted by atomic mass is 16.5. The second kappa shape index (κ2) is 6.84. The molecular weight excluding hydrogens is 326 g/mol. The summed E-state index contributed by atoms with van der Waals surface area (Å²) in [6, 6.07) is 2.72. The lowest BCUT2D eigenvalue weighted by Crippen LogP contribution is -2.51. The van der Waals surface area contributed by atoms with E-state index in [2.05, 4.69) is 4.90 Å². The Bertz CT molecular complexity index is 744. The van der Waals surface area contributed by atoms with Crippen molar-refractivity contribution < 1.29 is 23.9 Å². The van der Waals surface area contributed by atoms with Crippen LogP contribution in [0.5, 0.6) is 11.5 Å². The lowest BCUT2D eigenvalue weighted by atomic mass is 10.1. The predicted octanol–water partition coefficient (Wildman–Crippen LogP) is 1.05. The number of hydrogen-bond donors (Lipinski definition) is 2. The van der Waals surface area contributed by atoms with Gasteiger partial charge in [-0.25, -0.2) is 4.79 Å². The maximum absolute atomic E-state index is 11.9. The molecule has 2 aliphatic rings. The molecule has 2 fully saturated rings. The van der Waals surface area contributed by atoms with Crippen LogP contribution in [-0.4, -0.2) is 45.2 Å². The molecule has 2 N–H and O–H groups in total. The smallest absolute Gasteiger partial charge is 0.328 e. The van der Waals surface area contributed by atoms with Crippen molar-refractivity contribution in [2.75, 3.05) is 32.2 Å². The summed E-state index contributed by atoms with van der Waals surface area (Å²) in [5, 5.41) is 4.09. The molecule has 1 aromatic rings. The first-order valence-corrected chi connectivity index (χ1v) is 7.93. The zero-order valence-electron chi connectivity index (χ0n) is 14.0. The number of anilines is 1. The molecule has 0 radical (unpaired) electrons. The third kappa shape index (κ3) is 3.28. The van der Waals surface area contributed by atoms with Crippen molar-refractivity contribution in [1.82, 2.24) is 10.6 Å². The molecule has 0 atom stereocenters. The number of carbonyl (C=O) groups excluding carboxylic acids is 3. The standard InChI is InChI=1S/C17H19N3O5/c1-24-13-9-12(20-5-3-4-6-20)14(25-2)8-10(13)7-11-15(21)18-17(23)19-16(11)22/h7-9H,3-6H2,1-2H3,(H2,18,19,21,22,23). The highest BCUT2D eigenvalue weighted by Crippen LogP contribution is 2.38. The average Bonchev–Trinajstić information content (AvgIpc) is 3.11. The summed E-state index contributed by atoms with van der Waals surface area (Å²) < 4.78 is 10.9. The first-order valence-electron chi connectivity index (χ1n) is 7.93. The number of urea groups is 1. The molecule has 1 aromatic carbocycles. The number of barbiturate groups is 1. The van der Waals surface area contributed by atoms with Gasteiger partial charge in [-0.1, -0.05) is 0 Å². The van der Waals surface area contributed by atoms with Gasteiger partial charge < -0.3 is 14.4 Å². The first-order chi connectivity index (χ1) is 12.0. The van der Waals surface area contributed by atoms with Crippen LogP contribution < -0.4 is 25.0 Å². The zero-order valence-corrected chi connectivity index (χ0v) is 14.0. The van der Waals surface area contributed by atoms with E-state index in [0.29, 0.717) is 17.1 Å². The largest absolute Gasteiger partial charge is 0.496 e. The Morgan fingerprint density at radius 2 is 1.56 bits per heavy atom. The van der Waals surface area contributed by atoms with Crippen molar-refractivity contribution in [3.8, 4) is 11.5 Å². The lowest BCUT2D eigenvalue weighted by Gasteiger charge is -2.22. The molecule has 132 valence electrons. The highest BCUT2D eigenvalue weighted by Gasteiger charge is 2.28. The van der Waals surface area contributed by atoms with Crippen LogP contribution in [0, 0.1) is 0 Å². The maximum atomic E-state index is 11.9. The van der Waals surface area contributed by atoms with Crippen LogP contribution in [0.4, 0.5) is 10.5 Å². The number of hydrogen-bond acceptors (Lipinski definition) is 6. The number of amides is 4. The molecule has 0 unspecified atom stereocenters. The number of nitrogens with one attached hydrogen (secondary N) is 2. The SMILES string of the molecule is COc1cc(N2CCCC2)c(OC)cc1C=C1C(=O)NC(=O)NC1=O. The van der Waals surface area contributed by atoms with Crippen molar-refractivity contribution in [3.05, 3.63) is 23.3 Å². The first kappa shape index (κ1) is 16.8. The van der Waals surface area contributed by atoms with Crippen LogP contribution >= 0.6 is 0 Å². The van der Waals surface area contributed by atoms with Crippen molar-refractivity contribution >= 4 is 29.6 Å². The van der Waals surface area contributed by atoms with Gasteiger partial charge in [-0.2, -0.15) is 0 Å². The molecule has 8 nitrogen and oxygen atoms in total. The number of methoxy groups -OCH3 is 2. The molecule has 4 amide bonds. The van der Waals surface area contributed by atoms with Gasteiger partial charge in [-0.3, -0.25) is 20.2 Å². The minimum Gasteiger partial charge on any atom is -0.496 e. The van der Waals surface area contributed by atoms with Gasteiger partial charge >= 0.3 is 6.03 Å². The fourth-order valence-electron chi connectivity index (χ4n) is 2.99. The summed E-state index contributed by atoms with van der Waals surface area (Å²) in [5.74, 6) is -0.369. The van der Waals surface area contributed by atoms with Crippen molar-refractivity contribution in [1.29, 1.82) is 0 Å². The third-order valence-electron chi connectivity index (χ3n) is 4.22. The van der Waals surface area contributed by atoms with Crippen LogP contribution in [0.2, 0.25) is 0 Å². The summed E-state index contributed by atoms with van der Waals surface area (Å²) in [5.41, 5.74) is 1.25.